The Bertz CT molecular complexity index is 830. The molecule has 2 aromatic rings. The van der Waals surface area contributed by atoms with Crippen LogP contribution in [-0.2, 0) is 4.79 Å². The van der Waals surface area contributed by atoms with Gasteiger partial charge in [-0.05, 0) is 61.0 Å². The minimum atomic E-state index is -0.0305. The molecule has 0 radical (unpaired) electrons. The summed E-state index contributed by atoms with van der Waals surface area (Å²) in [4.78, 5) is 23.8. The first-order valence-electron chi connectivity index (χ1n) is 7.66. The van der Waals surface area contributed by atoms with Crippen molar-refractivity contribution in [2.24, 2.45) is 4.99 Å². The molecular weight excluding hydrogens is 320 g/mol. The van der Waals surface area contributed by atoms with Gasteiger partial charge in [0.25, 0.3) is 5.91 Å². The number of nitrogens with zero attached hydrogens (tertiary/aromatic N) is 3. The molecule has 0 unspecified atom stereocenters. The zero-order valence-electron chi connectivity index (χ0n) is 13.6. The van der Waals surface area contributed by atoms with E-state index in [4.69, 9.17) is 5.73 Å². The molecule has 2 N–H and O–H groups in total. The topological polar surface area (TPSA) is 71.6 Å². The standard InChI is InChI=1S/C18H18N4OS/c1-3-22-17(23)16(12(2)13-7-6-8-14(19)11-13)24-18(22)21-15-9-4-5-10-20-15/h4-11H,3,19H2,1-2H3/b16-12-,21-18+. The first kappa shape index (κ1) is 16.3. The molecule has 0 atom stereocenters. The van der Waals surface area contributed by atoms with Gasteiger partial charge < -0.3 is 5.73 Å². The minimum Gasteiger partial charge on any atom is -0.399 e. The van der Waals surface area contributed by atoms with Crippen molar-refractivity contribution in [2.75, 3.05) is 12.3 Å². The fourth-order valence-electron chi connectivity index (χ4n) is 2.42. The zero-order chi connectivity index (χ0) is 17.1. The Hall–Kier alpha value is -2.60. The number of aliphatic imine (C=N–C) groups is 1. The van der Waals surface area contributed by atoms with Crippen LogP contribution in [0, 0.1) is 0 Å². The van der Waals surface area contributed by atoms with E-state index in [0.717, 1.165) is 11.1 Å². The number of carbonyl (C=O) groups excluding carboxylic acids is 1. The van der Waals surface area contributed by atoms with Crippen LogP contribution in [0.2, 0.25) is 0 Å². The van der Waals surface area contributed by atoms with E-state index in [0.29, 0.717) is 28.1 Å². The van der Waals surface area contributed by atoms with Crippen molar-refractivity contribution in [1.82, 2.24) is 9.88 Å². The molecule has 3 rings (SSSR count). The summed E-state index contributed by atoms with van der Waals surface area (Å²) >= 11 is 1.38. The van der Waals surface area contributed by atoms with Crippen LogP contribution in [-0.4, -0.2) is 27.5 Å². The summed E-state index contributed by atoms with van der Waals surface area (Å²) in [6, 6.07) is 13.1. The number of allylic oxidation sites excluding steroid dienone is 1. The molecule has 1 aliphatic rings. The van der Waals surface area contributed by atoms with Gasteiger partial charge in [-0.3, -0.25) is 9.69 Å². The molecular formula is C18H18N4OS. The summed E-state index contributed by atoms with van der Waals surface area (Å²) < 4.78 is 0. The van der Waals surface area contributed by atoms with E-state index in [2.05, 4.69) is 9.98 Å². The lowest BCUT2D eigenvalue weighted by atomic mass is 10.1. The molecule has 6 heteroatoms. The summed E-state index contributed by atoms with van der Waals surface area (Å²) in [7, 11) is 0. The van der Waals surface area contributed by atoms with Crippen LogP contribution < -0.4 is 5.73 Å². The van der Waals surface area contributed by atoms with Crippen LogP contribution in [0.3, 0.4) is 0 Å². The smallest absolute Gasteiger partial charge is 0.267 e. The quantitative estimate of drug-likeness (QED) is 0.684. The molecule has 122 valence electrons. The first-order chi connectivity index (χ1) is 11.6. The molecule has 5 nitrogen and oxygen atoms in total. The van der Waals surface area contributed by atoms with Gasteiger partial charge >= 0.3 is 0 Å². The van der Waals surface area contributed by atoms with E-state index in [1.54, 1.807) is 11.1 Å². The number of hydrogen-bond acceptors (Lipinski definition) is 5. The van der Waals surface area contributed by atoms with Crippen molar-refractivity contribution in [3.63, 3.8) is 0 Å². The molecule has 0 aliphatic carbocycles. The maximum atomic E-state index is 12.8. The van der Waals surface area contributed by atoms with E-state index in [9.17, 15) is 4.79 Å². The molecule has 0 bridgehead atoms. The highest BCUT2D eigenvalue weighted by Crippen LogP contribution is 2.37. The van der Waals surface area contributed by atoms with Crippen LogP contribution >= 0.6 is 11.8 Å². The van der Waals surface area contributed by atoms with Gasteiger partial charge in [0.1, 0.15) is 0 Å². The maximum Gasteiger partial charge on any atom is 0.267 e. The Labute approximate surface area is 145 Å². The summed E-state index contributed by atoms with van der Waals surface area (Å²) in [6.45, 7) is 4.43. The summed E-state index contributed by atoms with van der Waals surface area (Å²) in [6.07, 6.45) is 1.69. The Balaban J connectivity index is 2.01. The van der Waals surface area contributed by atoms with Crippen LogP contribution in [0.5, 0.6) is 0 Å². The van der Waals surface area contributed by atoms with Crippen LogP contribution in [0.15, 0.2) is 58.6 Å². The van der Waals surface area contributed by atoms with E-state index < -0.39 is 0 Å². The van der Waals surface area contributed by atoms with Gasteiger partial charge in [0.05, 0.1) is 4.91 Å². The summed E-state index contributed by atoms with van der Waals surface area (Å²) in [5.41, 5.74) is 8.38. The fourth-order valence-corrected chi connectivity index (χ4v) is 3.53. The summed E-state index contributed by atoms with van der Waals surface area (Å²) in [5, 5.41) is 0.652. The first-order valence-corrected chi connectivity index (χ1v) is 8.48. The van der Waals surface area contributed by atoms with E-state index in [1.807, 2.05) is 56.3 Å². The van der Waals surface area contributed by atoms with E-state index in [1.165, 1.54) is 11.8 Å². The molecule has 1 fully saturated rings. The number of benzene rings is 1. The number of rotatable bonds is 3. The molecule has 2 heterocycles. The van der Waals surface area contributed by atoms with E-state index in [-0.39, 0.29) is 5.91 Å². The highest BCUT2D eigenvalue weighted by Gasteiger charge is 2.34. The predicted octanol–water partition coefficient (Wildman–Crippen LogP) is 3.68. The Morgan fingerprint density at radius 2 is 2.12 bits per heavy atom. The van der Waals surface area contributed by atoms with Gasteiger partial charge in [0, 0.05) is 18.4 Å². The van der Waals surface area contributed by atoms with Gasteiger partial charge in [-0.25, -0.2) is 9.98 Å². The van der Waals surface area contributed by atoms with Crippen molar-refractivity contribution in [1.29, 1.82) is 0 Å². The number of nitrogen functional groups attached to an aromatic ring is 1. The van der Waals surface area contributed by atoms with Crippen molar-refractivity contribution in [3.8, 4) is 0 Å². The number of thioether (sulfide) groups is 1. The fraction of sp³-hybridized carbons (Fsp3) is 0.167. The van der Waals surface area contributed by atoms with Crippen molar-refractivity contribution in [2.45, 2.75) is 13.8 Å². The SMILES string of the molecule is CCN1C(=O)/C(=C(\C)c2cccc(N)c2)S/C1=N/c1ccccn1. The van der Waals surface area contributed by atoms with E-state index >= 15 is 0 Å². The number of amidine groups is 1. The van der Waals surface area contributed by atoms with Gasteiger partial charge in [0.15, 0.2) is 11.0 Å². The Morgan fingerprint density at radius 1 is 1.29 bits per heavy atom. The number of pyridine rings is 1. The van der Waals surface area contributed by atoms with Gasteiger partial charge in [-0.1, -0.05) is 18.2 Å². The number of carbonyl (C=O) groups is 1. The minimum absolute atomic E-state index is 0.0305. The molecule has 1 saturated heterocycles. The van der Waals surface area contributed by atoms with Gasteiger partial charge in [-0.15, -0.1) is 0 Å². The van der Waals surface area contributed by atoms with Crippen molar-refractivity contribution < 1.29 is 4.79 Å². The number of anilines is 1. The number of nitrogens with two attached hydrogens (primary N) is 1. The maximum absolute atomic E-state index is 12.8. The number of hydrogen-bond donors (Lipinski definition) is 1. The molecule has 24 heavy (non-hydrogen) atoms. The second-order valence-corrected chi connectivity index (χ2v) is 6.29. The average molecular weight is 338 g/mol. The van der Waals surface area contributed by atoms with Crippen molar-refractivity contribution >= 4 is 39.9 Å². The summed E-state index contributed by atoms with van der Waals surface area (Å²) in [5.74, 6) is 0.561. The van der Waals surface area contributed by atoms with Crippen molar-refractivity contribution in [3.05, 3.63) is 59.1 Å². The van der Waals surface area contributed by atoms with Gasteiger partial charge in [0.2, 0.25) is 0 Å². The number of aromatic nitrogens is 1. The van der Waals surface area contributed by atoms with Crippen LogP contribution in [0.25, 0.3) is 5.57 Å². The van der Waals surface area contributed by atoms with Crippen LogP contribution in [0.4, 0.5) is 11.5 Å². The second kappa shape index (κ2) is 6.88. The number of likely N-dealkylation sites (N-methyl/N-ethyl adjacent to an activating group) is 1. The lowest BCUT2D eigenvalue weighted by Crippen LogP contribution is -2.28. The lowest BCUT2D eigenvalue weighted by molar-refractivity contribution is -0.122. The highest BCUT2D eigenvalue weighted by molar-refractivity contribution is 8.18. The van der Waals surface area contributed by atoms with Crippen LogP contribution in [0.1, 0.15) is 19.4 Å². The molecule has 1 aliphatic heterocycles. The monoisotopic (exact) mass is 338 g/mol. The average Bonchev–Trinajstić information content (AvgIpc) is 2.90. The molecule has 0 spiro atoms. The third kappa shape index (κ3) is 3.19. The third-order valence-electron chi connectivity index (χ3n) is 3.70. The zero-order valence-corrected chi connectivity index (χ0v) is 14.4. The Kier molecular flexibility index (Phi) is 4.66. The second-order valence-electron chi connectivity index (χ2n) is 5.31. The largest absolute Gasteiger partial charge is 0.399 e. The van der Waals surface area contributed by atoms with Gasteiger partial charge in [-0.2, -0.15) is 0 Å². The normalized spacial score (nSPS) is 18.3. The molecule has 1 aromatic carbocycles. The predicted molar refractivity (Wildman–Crippen MR) is 99.8 cm³/mol. The number of amides is 1. The highest BCUT2D eigenvalue weighted by atomic mass is 32.2. The molecule has 1 aromatic heterocycles. The lowest BCUT2D eigenvalue weighted by Gasteiger charge is -2.12. The third-order valence-corrected chi connectivity index (χ3v) is 4.88. The molecule has 1 amide bonds. The Morgan fingerprint density at radius 3 is 2.79 bits per heavy atom. The molecule has 0 saturated carbocycles.